The fourth-order valence-corrected chi connectivity index (χ4v) is 1.86. The Morgan fingerprint density at radius 3 is 2.00 bits per heavy atom. The van der Waals surface area contributed by atoms with E-state index in [1.807, 2.05) is 0 Å². The van der Waals surface area contributed by atoms with Crippen LogP contribution in [0.15, 0.2) is 0 Å². The van der Waals surface area contributed by atoms with Gasteiger partial charge in [-0.15, -0.1) is 0 Å². The quantitative estimate of drug-likeness (QED) is 0.486. The zero-order valence-electron chi connectivity index (χ0n) is 5.78. The molecule has 0 saturated heterocycles. The molecule has 2 aliphatic carbocycles. The molecule has 0 N–H and O–H groups in total. The maximum absolute atomic E-state index is 2.45. The summed E-state index contributed by atoms with van der Waals surface area (Å²) in [5, 5.41) is 0. The highest BCUT2D eigenvalue weighted by molar-refractivity contribution is 5.03. The second kappa shape index (κ2) is 1.12. The van der Waals surface area contributed by atoms with Crippen molar-refractivity contribution in [2.24, 2.45) is 17.3 Å². The van der Waals surface area contributed by atoms with Gasteiger partial charge in [-0.1, -0.05) is 13.8 Å². The molecule has 0 aromatic carbocycles. The van der Waals surface area contributed by atoms with E-state index in [9.17, 15) is 0 Å². The second-order valence-corrected chi connectivity index (χ2v) is 3.97. The van der Waals surface area contributed by atoms with Crippen LogP contribution in [0.25, 0.3) is 0 Å². The third-order valence-corrected chi connectivity index (χ3v) is 3.04. The summed E-state index contributed by atoms with van der Waals surface area (Å²) in [5.41, 5.74) is 0.833. The Kier molecular flexibility index (Phi) is 0.678. The third-order valence-electron chi connectivity index (χ3n) is 3.04. The molecule has 0 aliphatic heterocycles. The predicted molar refractivity (Wildman–Crippen MR) is 34.6 cm³/mol. The largest absolute Gasteiger partial charge is 0.0622 e. The van der Waals surface area contributed by atoms with Crippen molar-refractivity contribution in [3.63, 3.8) is 0 Å². The molecule has 2 saturated carbocycles. The van der Waals surface area contributed by atoms with Crippen LogP contribution in [0.5, 0.6) is 0 Å². The Morgan fingerprint density at radius 2 is 1.88 bits per heavy atom. The molecule has 0 heterocycles. The lowest BCUT2D eigenvalue weighted by atomic mass is 10.0. The van der Waals surface area contributed by atoms with E-state index in [0.29, 0.717) is 0 Å². The summed E-state index contributed by atoms with van der Waals surface area (Å²) < 4.78 is 0. The molecule has 0 bridgehead atoms. The zero-order valence-corrected chi connectivity index (χ0v) is 5.78. The van der Waals surface area contributed by atoms with E-state index in [2.05, 4.69) is 13.8 Å². The summed E-state index contributed by atoms with van der Waals surface area (Å²) in [6.07, 6.45) is 4.56. The van der Waals surface area contributed by atoms with Gasteiger partial charge in [0.1, 0.15) is 0 Å². The Morgan fingerprint density at radius 1 is 1.38 bits per heavy atom. The Labute approximate surface area is 51.3 Å². The van der Waals surface area contributed by atoms with Crippen molar-refractivity contribution in [2.75, 3.05) is 0 Å². The van der Waals surface area contributed by atoms with E-state index in [1.54, 1.807) is 0 Å². The highest BCUT2D eigenvalue weighted by Gasteiger charge is 2.53. The lowest BCUT2D eigenvalue weighted by Crippen LogP contribution is -1.95. The first-order chi connectivity index (χ1) is 3.72. The average molecular weight is 110 g/mol. The fraction of sp³-hybridized carbons (Fsp3) is 1.00. The van der Waals surface area contributed by atoms with Gasteiger partial charge in [0, 0.05) is 0 Å². The lowest BCUT2D eigenvalue weighted by Gasteiger charge is -2.02. The summed E-state index contributed by atoms with van der Waals surface area (Å²) in [5.74, 6) is 2.20. The SMILES string of the molecule is C[C@H]1C[C@H]1C1(C)CC1. The van der Waals surface area contributed by atoms with Crippen LogP contribution in [-0.2, 0) is 0 Å². The fourth-order valence-electron chi connectivity index (χ4n) is 1.86. The van der Waals surface area contributed by atoms with Gasteiger partial charge in [-0.2, -0.15) is 0 Å². The number of hydrogen-bond acceptors (Lipinski definition) is 0. The average Bonchev–Trinajstić information content (AvgIpc) is 2.47. The van der Waals surface area contributed by atoms with Crippen molar-refractivity contribution in [1.82, 2.24) is 0 Å². The summed E-state index contributed by atoms with van der Waals surface area (Å²) in [7, 11) is 0. The van der Waals surface area contributed by atoms with Crippen LogP contribution in [0.4, 0.5) is 0 Å². The minimum atomic E-state index is 0.833. The van der Waals surface area contributed by atoms with Gasteiger partial charge < -0.3 is 0 Å². The van der Waals surface area contributed by atoms with Gasteiger partial charge in [0.05, 0.1) is 0 Å². The van der Waals surface area contributed by atoms with Crippen LogP contribution in [0.1, 0.15) is 33.1 Å². The van der Waals surface area contributed by atoms with E-state index in [-0.39, 0.29) is 0 Å². The van der Waals surface area contributed by atoms with Gasteiger partial charge in [-0.25, -0.2) is 0 Å². The van der Waals surface area contributed by atoms with E-state index < -0.39 is 0 Å². The molecule has 8 heavy (non-hydrogen) atoms. The molecule has 0 spiro atoms. The molecule has 0 aromatic heterocycles. The van der Waals surface area contributed by atoms with Crippen LogP contribution >= 0.6 is 0 Å². The van der Waals surface area contributed by atoms with Gasteiger partial charge in [-0.05, 0) is 36.5 Å². The minimum Gasteiger partial charge on any atom is -0.0622 e. The lowest BCUT2D eigenvalue weighted by molar-refractivity contribution is 0.464. The van der Waals surface area contributed by atoms with Crippen LogP contribution in [0.2, 0.25) is 0 Å². The van der Waals surface area contributed by atoms with Gasteiger partial charge in [0.25, 0.3) is 0 Å². The summed E-state index contributed by atoms with van der Waals surface area (Å²) in [4.78, 5) is 0. The first-order valence-corrected chi connectivity index (χ1v) is 3.72. The van der Waals surface area contributed by atoms with Crippen LogP contribution < -0.4 is 0 Å². The highest BCUT2D eigenvalue weighted by atomic mass is 14.6. The standard InChI is InChI=1S/C8H14/c1-6-5-7(6)8(2)3-4-8/h6-7H,3-5H2,1-2H3/t6-,7+/m0/s1. The van der Waals surface area contributed by atoms with E-state index in [4.69, 9.17) is 0 Å². The van der Waals surface area contributed by atoms with Crippen LogP contribution in [0.3, 0.4) is 0 Å². The van der Waals surface area contributed by atoms with Gasteiger partial charge >= 0.3 is 0 Å². The Hall–Kier alpha value is 0. The van der Waals surface area contributed by atoms with Crippen molar-refractivity contribution in [3.8, 4) is 0 Å². The van der Waals surface area contributed by atoms with Crippen molar-refractivity contribution in [3.05, 3.63) is 0 Å². The van der Waals surface area contributed by atoms with E-state index in [1.165, 1.54) is 19.3 Å². The molecule has 0 aromatic rings. The molecule has 2 rings (SSSR count). The maximum Gasteiger partial charge on any atom is -0.0294 e. The molecule has 2 aliphatic rings. The van der Waals surface area contributed by atoms with Crippen LogP contribution in [0, 0.1) is 17.3 Å². The third kappa shape index (κ3) is 0.519. The van der Waals surface area contributed by atoms with E-state index >= 15 is 0 Å². The molecule has 0 amide bonds. The van der Waals surface area contributed by atoms with Crippen LogP contribution in [-0.4, -0.2) is 0 Å². The monoisotopic (exact) mass is 110 g/mol. The van der Waals surface area contributed by atoms with E-state index in [0.717, 1.165) is 17.3 Å². The van der Waals surface area contributed by atoms with Crippen molar-refractivity contribution in [1.29, 1.82) is 0 Å². The van der Waals surface area contributed by atoms with Crippen molar-refractivity contribution in [2.45, 2.75) is 33.1 Å². The molecule has 2 fully saturated rings. The predicted octanol–water partition coefficient (Wildman–Crippen LogP) is 2.44. The molecule has 46 valence electrons. The Balaban J connectivity index is 1.99. The number of hydrogen-bond donors (Lipinski definition) is 0. The second-order valence-electron chi connectivity index (χ2n) is 3.97. The Bertz CT molecular complexity index is 111. The van der Waals surface area contributed by atoms with Crippen molar-refractivity contribution >= 4 is 0 Å². The smallest absolute Gasteiger partial charge is 0.0294 e. The van der Waals surface area contributed by atoms with Gasteiger partial charge in [-0.3, -0.25) is 0 Å². The molecule has 2 atom stereocenters. The highest BCUT2D eigenvalue weighted by Crippen LogP contribution is 2.63. The van der Waals surface area contributed by atoms with Gasteiger partial charge in [0.15, 0.2) is 0 Å². The topological polar surface area (TPSA) is 0 Å². The zero-order chi connectivity index (χ0) is 5.78. The normalized spacial score (nSPS) is 48.8. The molecule has 0 nitrogen and oxygen atoms in total. The molecular formula is C8H14. The summed E-state index contributed by atoms with van der Waals surface area (Å²) in [6, 6.07) is 0. The maximum atomic E-state index is 2.45. The van der Waals surface area contributed by atoms with Crippen molar-refractivity contribution < 1.29 is 0 Å². The first kappa shape index (κ1) is 4.84. The number of rotatable bonds is 1. The molecular weight excluding hydrogens is 96.1 g/mol. The molecule has 0 radical (unpaired) electrons. The minimum absolute atomic E-state index is 0.833. The molecule has 0 heteroatoms. The first-order valence-electron chi connectivity index (χ1n) is 3.72. The van der Waals surface area contributed by atoms with Gasteiger partial charge in [0.2, 0.25) is 0 Å². The summed E-state index contributed by atoms with van der Waals surface area (Å²) >= 11 is 0. The molecule has 0 unspecified atom stereocenters. The summed E-state index contributed by atoms with van der Waals surface area (Å²) in [6.45, 7) is 4.83.